The largest absolute Gasteiger partial charge is 0.490 e. The van der Waals surface area contributed by atoms with Gasteiger partial charge in [0, 0.05) is 10.5 Å². The lowest BCUT2D eigenvalue weighted by Gasteiger charge is -2.03. The monoisotopic (exact) mass is 181 g/mol. The Hall–Kier alpha value is -0.670. The second kappa shape index (κ2) is 2.99. The van der Waals surface area contributed by atoms with Gasteiger partial charge in [-0.25, -0.2) is 0 Å². The van der Waals surface area contributed by atoms with Gasteiger partial charge in [-0.3, -0.25) is 0 Å². The Morgan fingerprint density at radius 1 is 1.58 bits per heavy atom. The highest BCUT2D eigenvalue weighted by molar-refractivity contribution is 7.98. The van der Waals surface area contributed by atoms with E-state index < -0.39 is 0 Å². The van der Waals surface area contributed by atoms with Crippen LogP contribution in [0.15, 0.2) is 23.1 Å². The number of para-hydroxylation sites is 1. The lowest BCUT2D eigenvalue weighted by molar-refractivity contribution is 0.327. The van der Waals surface area contributed by atoms with Crippen LogP contribution in [-0.2, 0) is 0 Å². The molecular weight excluding hydrogens is 170 g/mol. The number of thioether (sulfide) groups is 1. The molecule has 2 nitrogen and oxygen atoms in total. The van der Waals surface area contributed by atoms with Gasteiger partial charge in [0.15, 0.2) is 0 Å². The van der Waals surface area contributed by atoms with Crippen molar-refractivity contribution in [3.63, 3.8) is 0 Å². The number of benzene rings is 1. The second-order valence-corrected chi connectivity index (χ2v) is 3.64. The van der Waals surface area contributed by atoms with Crippen molar-refractivity contribution in [2.75, 3.05) is 12.9 Å². The summed E-state index contributed by atoms with van der Waals surface area (Å²) in [6.45, 7) is 0.618. The Morgan fingerprint density at radius 2 is 2.42 bits per heavy atom. The third-order valence-electron chi connectivity index (χ3n) is 2.04. The highest BCUT2D eigenvalue weighted by Crippen LogP contribution is 2.38. The molecule has 3 heteroatoms. The zero-order chi connectivity index (χ0) is 8.55. The van der Waals surface area contributed by atoms with E-state index in [1.165, 1.54) is 4.90 Å². The molecule has 0 radical (unpaired) electrons. The Bertz CT molecular complexity index is 301. The Morgan fingerprint density at radius 3 is 3.17 bits per heavy atom. The molecule has 1 heterocycles. The standard InChI is InChI=1S/C9H11NOS/c1-12-8-4-2-3-6-7(10)5-11-9(6)8/h2-4,7H,5,10H2,1H3/t7-/m0/s1. The maximum absolute atomic E-state index is 5.84. The molecule has 1 aromatic carbocycles. The molecule has 0 bridgehead atoms. The molecule has 1 aliphatic heterocycles. The molecule has 2 N–H and O–H groups in total. The van der Waals surface area contributed by atoms with Gasteiger partial charge in [-0.2, -0.15) is 0 Å². The van der Waals surface area contributed by atoms with Crippen LogP contribution in [0.4, 0.5) is 0 Å². The minimum absolute atomic E-state index is 0.0621. The first-order chi connectivity index (χ1) is 5.83. The number of rotatable bonds is 1. The molecule has 0 fully saturated rings. The van der Waals surface area contributed by atoms with Crippen molar-refractivity contribution in [1.29, 1.82) is 0 Å². The van der Waals surface area contributed by atoms with Crippen molar-refractivity contribution in [3.05, 3.63) is 23.8 Å². The van der Waals surface area contributed by atoms with Gasteiger partial charge in [-0.05, 0) is 12.3 Å². The molecule has 1 aliphatic rings. The summed E-state index contributed by atoms with van der Waals surface area (Å²) < 4.78 is 5.49. The van der Waals surface area contributed by atoms with Gasteiger partial charge in [-0.15, -0.1) is 11.8 Å². The van der Waals surface area contributed by atoms with Crippen molar-refractivity contribution in [2.45, 2.75) is 10.9 Å². The molecule has 0 aliphatic carbocycles. The fourth-order valence-corrected chi connectivity index (χ4v) is 1.98. The zero-order valence-corrected chi connectivity index (χ0v) is 7.73. The predicted molar refractivity (Wildman–Crippen MR) is 50.6 cm³/mol. The van der Waals surface area contributed by atoms with Crippen molar-refractivity contribution in [2.24, 2.45) is 5.73 Å². The quantitative estimate of drug-likeness (QED) is 0.671. The first-order valence-corrected chi connectivity index (χ1v) is 5.10. The van der Waals surface area contributed by atoms with Crippen LogP contribution in [0.5, 0.6) is 5.75 Å². The van der Waals surface area contributed by atoms with E-state index in [0.29, 0.717) is 6.61 Å². The smallest absolute Gasteiger partial charge is 0.137 e. The van der Waals surface area contributed by atoms with E-state index in [1.54, 1.807) is 11.8 Å². The molecular formula is C9H11NOS. The topological polar surface area (TPSA) is 35.2 Å². The summed E-state index contributed by atoms with van der Waals surface area (Å²) in [6.07, 6.45) is 2.04. The summed E-state index contributed by atoms with van der Waals surface area (Å²) in [4.78, 5) is 1.18. The minimum Gasteiger partial charge on any atom is -0.490 e. The van der Waals surface area contributed by atoms with Gasteiger partial charge in [0.2, 0.25) is 0 Å². The summed E-state index contributed by atoms with van der Waals surface area (Å²) >= 11 is 1.70. The van der Waals surface area contributed by atoms with Gasteiger partial charge in [0.25, 0.3) is 0 Å². The number of hydrogen-bond donors (Lipinski definition) is 1. The fraction of sp³-hybridized carbons (Fsp3) is 0.333. The van der Waals surface area contributed by atoms with Gasteiger partial charge in [0.05, 0.1) is 6.04 Å². The number of fused-ring (bicyclic) bond motifs is 1. The molecule has 1 atom stereocenters. The minimum atomic E-state index is 0.0621. The molecule has 0 spiro atoms. The summed E-state index contributed by atoms with van der Waals surface area (Å²) in [5.74, 6) is 0.984. The number of ether oxygens (including phenoxy) is 1. The first-order valence-electron chi connectivity index (χ1n) is 3.88. The molecule has 12 heavy (non-hydrogen) atoms. The van der Waals surface area contributed by atoms with Crippen LogP contribution in [0.25, 0.3) is 0 Å². The van der Waals surface area contributed by atoms with Crippen LogP contribution in [0.2, 0.25) is 0 Å². The average molecular weight is 181 g/mol. The summed E-state index contributed by atoms with van der Waals surface area (Å²) in [6, 6.07) is 6.18. The maximum atomic E-state index is 5.84. The summed E-state index contributed by atoms with van der Waals surface area (Å²) in [7, 11) is 0. The van der Waals surface area contributed by atoms with E-state index >= 15 is 0 Å². The van der Waals surface area contributed by atoms with Gasteiger partial charge in [-0.1, -0.05) is 12.1 Å². The second-order valence-electron chi connectivity index (χ2n) is 2.80. The van der Waals surface area contributed by atoms with Gasteiger partial charge < -0.3 is 10.5 Å². The zero-order valence-electron chi connectivity index (χ0n) is 6.91. The molecule has 1 aromatic rings. The van der Waals surface area contributed by atoms with E-state index in [-0.39, 0.29) is 6.04 Å². The fourth-order valence-electron chi connectivity index (χ4n) is 1.40. The van der Waals surface area contributed by atoms with Crippen molar-refractivity contribution in [1.82, 2.24) is 0 Å². The molecule has 2 rings (SSSR count). The van der Waals surface area contributed by atoms with Crippen molar-refractivity contribution < 1.29 is 4.74 Å². The summed E-state index contributed by atoms with van der Waals surface area (Å²) in [5, 5.41) is 0. The Labute approximate surface area is 76.1 Å². The highest BCUT2D eigenvalue weighted by atomic mass is 32.2. The van der Waals surface area contributed by atoms with E-state index in [1.807, 2.05) is 18.4 Å². The van der Waals surface area contributed by atoms with Gasteiger partial charge >= 0.3 is 0 Å². The van der Waals surface area contributed by atoms with Crippen LogP contribution in [0, 0.1) is 0 Å². The highest BCUT2D eigenvalue weighted by Gasteiger charge is 2.22. The molecule has 0 amide bonds. The lowest BCUT2D eigenvalue weighted by atomic mass is 10.1. The normalized spacial score (nSPS) is 20.3. The number of nitrogens with two attached hydrogens (primary N) is 1. The Kier molecular flexibility index (Phi) is 1.98. The van der Waals surface area contributed by atoms with Crippen LogP contribution in [0.3, 0.4) is 0 Å². The van der Waals surface area contributed by atoms with Crippen molar-refractivity contribution >= 4 is 11.8 Å². The van der Waals surface area contributed by atoms with Crippen molar-refractivity contribution in [3.8, 4) is 5.75 Å². The molecule has 0 saturated carbocycles. The molecule has 0 aromatic heterocycles. The molecule has 64 valence electrons. The van der Waals surface area contributed by atoms with E-state index in [2.05, 4.69) is 6.07 Å². The average Bonchev–Trinajstić information content (AvgIpc) is 2.48. The van der Waals surface area contributed by atoms with Crippen LogP contribution >= 0.6 is 11.8 Å². The lowest BCUT2D eigenvalue weighted by Crippen LogP contribution is -2.10. The van der Waals surface area contributed by atoms with Crippen LogP contribution in [0.1, 0.15) is 11.6 Å². The van der Waals surface area contributed by atoms with E-state index in [0.717, 1.165) is 11.3 Å². The third-order valence-corrected chi connectivity index (χ3v) is 2.80. The third kappa shape index (κ3) is 1.09. The van der Waals surface area contributed by atoms with Gasteiger partial charge in [0.1, 0.15) is 12.4 Å². The Balaban J connectivity index is 2.50. The molecule has 0 saturated heterocycles. The van der Waals surface area contributed by atoms with Crippen LogP contribution < -0.4 is 10.5 Å². The molecule has 0 unspecified atom stereocenters. The predicted octanol–water partition coefficient (Wildman–Crippen LogP) is 1.80. The first kappa shape index (κ1) is 7.95. The summed E-state index contributed by atoms with van der Waals surface area (Å²) in [5.41, 5.74) is 6.98. The van der Waals surface area contributed by atoms with Crippen LogP contribution in [-0.4, -0.2) is 12.9 Å². The maximum Gasteiger partial charge on any atom is 0.137 e. The van der Waals surface area contributed by atoms with E-state index in [4.69, 9.17) is 10.5 Å². The SMILES string of the molecule is CSc1cccc2c1OC[C@@H]2N. The number of hydrogen-bond acceptors (Lipinski definition) is 3. The van der Waals surface area contributed by atoms with E-state index in [9.17, 15) is 0 Å².